The molecule has 8 heteroatoms. The predicted octanol–water partition coefficient (Wildman–Crippen LogP) is 5.48. The van der Waals surface area contributed by atoms with Crippen LogP contribution in [0.1, 0.15) is 36.5 Å². The maximum absolute atomic E-state index is 13.1. The van der Waals surface area contributed by atoms with E-state index < -0.39 is 0 Å². The van der Waals surface area contributed by atoms with Gasteiger partial charge in [-0.05, 0) is 55.2 Å². The van der Waals surface area contributed by atoms with Crippen LogP contribution in [0.5, 0.6) is 0 Å². The fraction of sp³-hybridized carbons (Fsp3) is 0.290. The molecule has 0 unspecified atom stereocenters. The molecule has 2 fully saturated rings. The van der Waals surface area contributed by atoms with Gasteiger partial charge in [0.25, 0.3) is 11.8 Å². The number of anilines is 2. The first-order valence-corrected chi connectivity index (χ1v) is 13.3. The van der Waals surface area contributed by atoms with E-state index in [1.165, 1.54) is 19.3 Å². The Labute approximate surface area is 227 Å². The van der Waals surface area contributed by atoms with Gasteiger partial charge in [0, 0.05) is 55.0 Å². The standard InChI is InChI=1S/C31H32N6O2/c1-19(2)29(38)35-23-12-10-21(11-13-23)26-24(25-27(32-3)33-18-34-28(25)36(26)4)20-6-8-22(9-7-20)30(39)37-16-31(17-37)14-5-15-31/h6-13,18H,1,5,14-17H2,2-4H3,(H,35,38)(H,32,33,34). The van der Waals surface area contributed by atoms with Crippen molar-refractivity contribution >= 4 is 34.4 Å². The number of fused-ring (bicyclic) bond motifs is 1. The van der Waals surface area contributed by atoms with Crippen molar-refractivity contribution in [3.63, 3.8) is 0 Å². The highest BCUT2D eigenvalue weighted by Crippen LogP contribution is 2.48. The van der Waals surface area contributed by atoms with Crippen molar-refractivity contribution < 1.29 is 9.59 Å². The summed E-state index contributed by atoms with van der Waals surface area (Å²) in [5, 5.41) is 6.98. The topological polar surface area (TPSA) is 92.2 Å². The fourth-order valence-corrected chi connectivity index (χ4v) is 5.87. The number of nitrogens with zero attached hydrogens (tertiary/aromatic N) is 4. The number of aromatic nitrogens is 3. The van der Waals surface area contributed by atoms with Gasteiger partial charge in [-0.1, -0.05) is 37.3 Å². The maximum atomic E-state index is 13.1. The van der Waals surface area contributed by atoms with Gasteiger partial charge in [-0.3, -0.25) is 9.59 Å². The van der Waals surface area contributed by atoms with E-state index in [0.29, 0.717) is 22.2 Å². The minimum atomic E-state index is -0.210. The first kappa shape index (κ1) is 24.9. The molecule has 2 amide bonds. The molecule has 3 heterocycles. The summed E-state index contributed by atoms with van der Waals surface area (Å²) in [6.07, 6.45) is 5.34. The molecule has 39 heavy (non-hydrogen) atoms. The van der Waals surface area contributed by atoms with Crippen molar-refractivity contribution in [1.29, 1.82) is 0 Å². The summed E-state index contributed by atoms with van der Waals surface area (Å²) < 4.78 is 2.06. The summed E-state index contributed by atoms with van der Waals surface area (Å²) in [6.45, 7) is 7.15. The van der Waals surface area contributed by atoms with Gasteiger partial charge in [0.2, 0.25) is 0 Å². The summed E-state index contributed by atoms with van der Waals surface area (Å²) in [7, 11) is 3.84. The Morgan fingerprint density at radius 3 is 2.23 bits per heavy atom. The van der Waals surface area contributed by atoms with Crippen molar-refractivity contribution in [1.82, 2.24) is 19.4 Å². The van der Waals surface area contributed by atoms with Gasteiger partial charge in [0.05, 0.1) is 11.1 Å². The van der Waals surface area contributed by atoms with Crippen LogP contribution in [0.15, 0.2) is 67.0 Å². The largest absolute Gasteiger partial charge is 0.372 e. The Morgan fingerprint density at radius 2 is 1.64 bits per heavy atom. The Balaban J connectivity index is 1.39. The van der Waals surface area contributed by atoms with Crippen LogP contribution in [0.25, 0.3) is 33.4 Å². The van der Waals surface area contributed by atoms with Crippen molar-refractivity contribution in [2.24, 2.45) is 12.5 Å². The van der Waals surface area contributed by atoms with Gasteiger partial charge < -0.3 is 20.1 Å². The quantitative estimate of drug-likeness (QED) is 0.328. The second-order valence-electron chi connectivity index (χ2n) is 10.9. The molecule has 1 saturated heterocycles. The highest BCUT2D eigenvalue weighted by Gasteiger charge is 2.48. The minimum absolute atomic E-state index is 0.101. The summed E-state index contributed by atoms with van der Waals surface area (Å²) >= 11 is 0. The van der Waals surface area contributed by atoms with Crippen LogP contribution >= 0.6 is 0 Å². The normalized spacial score (nSPS) is 15.5. The Morgan fingerprint density at radius 1 is 0.974 bits per heavy atom. The average Bonchev–Trinajstić information content (AvgIpc) is 3.20. The Kier molecular flexibility index (Phi) is 5.98. The summed E-state index contributed by atoms with van der Waals surface area (Å²) in [4.78, 5) is 36.2. The van der Waals surface area contributed by atoms with Crippen LogP contribution in [0.4, 0.5) is 11.5 Å². The minimum Gasteiger partial charge on any atom is -0.372 e. The van der Waals surface area contributed by atoms with E-state index >= 15 is 0 Å². The van der Waals surface area contributed by atoms with Crippen LogP contribution in [0, 0.1) is 5.41 Å². The molecule has 2 N–H and O–H groups in total. The highest BCUT2D eigenvalue weighted by molar-refractivity contribution is 6.09. The van der Waals surface area contributed by atoms with E-state index in [9.17, 15) is 9.59 Å². The molecule has 1 saturated carbocycles. The summed E-state index contributed by atoms with van der Waals surface area (Å²) in [5.74, 6) is 0.621. The zero-order chi connectivity index (χ0) is 27.3. The lowest BCUT2D eigenvalue weighted by atomic mass is 9.63. The molecule has 1 spiro atoms. The number of likely N-dealkylation sites (tertiary alicyclic amines) is 1. The van der Waals surface area contributed by atoms with Gasteiger partial charge in [0.1, 0.15) is 17.8 Å². The van der Waals surface area contributed by atoms with Crippen molar-refractivity contribution in [3.8, 4) is 22.4 Å². The molecule has 4 aromatic rings. The molecule has 1 aliphatic carbocycles. The molecule has 6 rings (SSSR count). The first-order valence-electron chi connectivity index (χ1n) is 13.3. The van der Waals surface area contributed by atoms with Gasteiger partial charge >= 0.3 is 0 Å². The zero-order valence-corrected chi connectivity index (χ0v) is 22.5. The third kappa shape index (κ3) is 4.16. The maximum Gasteiger partial charge on any atom is 0.253 e. The van der Waals surface area contributed by atoms with E-state index in [4.69, 9.17) is 0 Å². The number of aryl methyl sites for hydroxylation is 1. The van der Waals surface area contributed by atoms with Gasteiger partial charge in [-0.25, -0.2) is 9.97 Å². The number of hydrogen-bond acceptors (Lipinski definition) is 5. The number of nitrogens with one attached hydrogen (secondary N) is 2. The summed E-state index contributed by atoms with van der Waals surface area (Å²) in [5.41, 5.74) is 6.93. The third-order valence-corrected chi connectivity index (χ3v) is 8.18. The molecule has 2 aromatic heterocycles. The molecule has 0 bridgehead atoms. The van der Waals surface area contributed by atoms with E-state index in [-0.39, 0.29) is 11.8 Å². The highest BCUT2D eigenvalue weighted by atomic mass is 16.2. The SMILES string of the molecule is C=C(C)C(=O)Nc1ccc(-c2c(-c3ccc(C(=O)N4CC5(CCC5)C4)cc3)c3c(NC)ncnc3n2C)cc1. The van der Waals surface area contributed by atoms with Gasteiger partial charge in [0.15, 0.2) is 0 Å². The smallest absolute Gasteiger partial charge is 0.253 e. The van der Waals surface area contributed by atoms with Crippen LogP contribution in [-0.2, 0) is 11.8 Å². The molecule has 8 nitrogen and oxygen atoms in total. The van der Waals surface area contributed by atoms with Crippen LogP contribution in [-0.4, -0.2) is 51.4 Å². The van der Waals surface area contributed by atoms with Gasteiger partial charge in [-0.15, -0.1) is 0 Å². The van der Waals surface area contributed by atoms with Gasteiger partial charge in [-0.2, -0.15) is 0 Å². The molecule has 1 aliphatic heterocycles. The van der Waals surface area contributed by atoms with E-state index in [1.807, 2.05) is 67.5 Å². The van der Waals surface area contributed by atoms with E-state index in [2.05, 4.69) is 31.7 Å². The van der Waals surface area contributed by atoms with E-state index in [1.54, 1.807) is 13.3 Å². The zero-order valence-electron chi connectivity index (χ0n) is 22.5. The second-order valence-corrected chi connectivity index (χ2v) is 10.9. The number of carbonyl (C=O) groups excluding carboxylic acids is 2. The molecular formula is C31H32N6O2. The molecule has 2 aliphatic rings. The number of rotatable bonds is 6. The van der Waals surface area contributed by atoms with Crippen molar-refractivity contribution in [2.45, 2.75) is 26.2 Å². The third-order valence-electron chi connectivity index (χ3n) is 8.18. The number of benzene rings is 2. The number of hydrogen-bond donors (Lipinski definition) is 2. The van der Waals surface area contributed by atoms with Crippen LogP contribution in [0.2, 0.25) is 0 Å². The monoisotopic (exact) mass is 520 g/mol. The van der Waals surface area contributed by atoms with E-state index in [0.717, 1.165) is 52.3 Å². The lowest BCUT2D eigenvalue weighted by Gasteiger charge is -2.55. The Bertz CT molecular complexity index is 1610. The molecule has 198 valence electrons. The fourth-order valence-electron chi connectivity index (χ4n) is 5.87. The number of amides is 2. The lowest BCUT2D eigenvalue weighted by molar-refractivity contribution is -0.112. The molecular weight excluding hydrogens is 488 g/mol. The number of carbonyl (C=O) groups is 2. The van der Waals surface area contributed by atoms with Crippen LogP contribution < -0.4 is 10.6 Å². The molecule has 0 radical (unpaired) electrons. The summed E-state index contributed by atoms with van der Waals surface area (Å²) in [6, 6.07) is 15.6. The van der Waals surface area contributed by atoms with Crippen molar-refractivity contribution in [3.05, 3.63) is 72.6 Å². The first-order chi connectivity index (χ1) is 18.8. The molecule has 2 aromatic carbocycles. The van der Waals surface area contributed by atoms with Crippen molar-refractivity contribution in [2.75, 3.05) is 30.8 Å². The Hall–Kier alpha value is -4.46. The second kappa shape index (κ2) is 9.38. The van der Waals surface area contributed by atoms with Crippen LogP contribution in [0.3, 0.4) is 0 Å². The molecule has 0 atom stereocenters. The lowest BCUT2D eigenvalue weighted by Crippen LogP contribution is -2.61. The predicted molar refractivity (Wildman–Crippen MR) is 155 cm³/mol. The average molecular weight is 521 g/mol.